The first-order valence-electron chi connectivity index (χ1n) is 3.94. The molecule has 14 heavy (non-hydrogen) atoms. The number of hydrogen-bond acceptors (Lipinski definition) is 6. The molecule has 1 fully saturated rings. The van der Waals surface area contributed by atoms with Crippen molar-refractivity contribution < 1.29 is 29.4 Å². The topological polar surface area (TPSA) is 133 Å². The normalized spacial score (nSPS) is 42.4. The van der Waals surface area contributed by atoms with Gasteiger partial charge in [-0.05, 0) is 0 Å². The Balaban J connectivity index is 2.71. The zero-order valence-corrected chi connectivity index (χ0v) is 8.00. The van der Waals surface area contributed by atoms with Crippen molar-refractivity contribution in [3.8, 4) is 0 Å². The number of aliphatic hydroxyl groups excluding tert-OH is 4. The monoisotopic (exact) mass is 227 g/mol. The Morgan fingerprint density at radius 3 is 2.36 bits per heavy atom. The summed E-state index contributed by atoms with van der Waals surface area (Å²) in [6, 6.07) is 0. The second-order valence-corrected chi connectivity index (χ2v) is 4.15. The van der Waals surface area contributed by atoms with Crippen LogP contribution in [0.5, 0.6) is 0 Å². The van der Waals surface area contributed by atoms with Crippen LogP contribution in [0.2, 0.25) is 0 Å². The SMILES string of the molecule is NS(=O)C1O[C@H]([C@H](O)CO)[C@H](O)[C@H]1O. The Hall–Kier alpha value is -0.0900. The van der Waals surface area contributed by atoms with Gasteiger partial charge in [0.1, 0.15) is 35.4 Å². The third-order valence-electron chi connectivity index (χ3n) is 2.05. The van der Waals surface area contributed by atoms with Crippen LogP contribution in [0.4, 0.5) is 0 Å². The van der Waals surface area contributed by atoms with Crippen LogP contribution in [0.3, 0.4) is 0 Å². The van der Waals surface area contributed by atoms with Gasteiger partial charge in [-0.2, -0.15) is 0 Å². The zero-order valence-electron chi connectivity index (χ0n) is 7.18. The first-order chi connectivity index (χ1) is 6.49. The molecule has 1 saturated heterocycles. The van der Waals surface area contributed by atoms with Crippen molar-refractivity contribution in [3.63, 3.8) is 0 Å². The van der Waals surface area contributed by atoms with E-state index in [1.165, 1.54) is 0 Å². The minimum absolute atomic E-state index is 0.627. The van der Waals surface area contributed by atoms with E-state index < -0.39 is 47.4 Å². The van der Waals surface area contributed by atoms with Gasteiger partial charge in [0.2, 0.25) is 0 Å². The van der Waals surface area contributed by atoms with Crippen LogP contribution in [0.15, 0.2) is 0 Å². The van der Waals surface area contributed by atoms with Crippen LogP contribution in [-0.4, -0.2) is 61.1 Å². The molecule has 6 atom stereocenters. The highest BCUT2D eigenvalue weighted by atomic mass is 32.2. The fraction of sp³-hybridized carbons (Fsp3) is 1.00. The van der Waals surface area contributed by atoms with Crippen molar-refractivity contribution in [2.24, 2.45) is 5.14 Å². The molecule has 0 saturated carbocycles. The third kappa shape index (κ3) is 2.11. The van der Waals surface area contributed by atoms with Crippen LogP contribution in [-0.2, 0) is 15.7 Å². The van der Waals surface area contributed by atoms with E-state index in [0.29, 0.717) is 0 Å². The maximum Gasteiger partial charge on any atom is 0.175 e. The van der Waals surface area contributed by atoms with E-state index in [-0.39, 0.29) is 0 Å². The van der Waals surface area contributed by atoms with Crippen molar-refractivity contribution in [1.29, 1.82) is 0 Å². The molecule has 7 nitrogen and oxygen atoms in total. The molecule has 6 N–H and O–H groups in total. The smallest absolute Gasteiger partial charge is 0.175 e. The van der Waals surface area contributed by atoms with Gasteiger partial charge in [0.15, 0.2) is 5.44 Å². The molecular weight excluding hydrogens is 214 g/mol. The predicted octanol–water partition coefficient (Wildman–Crippen LogP) is -3.59. The predicted molar refractivity (Wildman–Crippen MR) is 46.1 cm³/mol. The van der Waals surface area contributed by atoms with E-state index in [1.54, 1.807) is 0 Å². The summed E-state index contributed by atoms with van der Waals surface area (Å²) in [5, 5.41) is 41.4. The lowest BCUT2D eigenvalue weighted by Gasteiger charge is -2.18. The summed E-state index contributed by atoms with van der Waals surface area (Å²) in [5.74, 6) is 0. The van der Waals surface area contributed by atoms with Gasteiger partial charge in [0.25, 0.3) is 0 Å². The van der Waals surface area contributed by atoms with Gasteiger partial charge in [0.05, 0.1) is 6.61 Å². The highest BCUT2D eigenvalue weighted by Gasteiger charge is 2.47. The molecule has 2 unspecified atom stereocenters. The van der Waals surface area contributed by atoms with Crippen LogP contribution in [0, 0.1) is 0 Å². The molecule has 1 heterocycles. The molecule has 0 aliphatic carbocycles. The standard InChI is InChI=1S/C6H13NO6S/c7-14(12)6-4(11)3(10)5(13-6)2(9)1-8/h2-6,8-11H,1,7H2/t2-,3-,4-,5-,6?,14?/m1/s1. The average Bonchev–Trinajstić information content (AvgIpc) is 2.43. The first-order valence-corrected chi connectivity index (χ1v) is 5.22. The second kappa shape index (κ2) is 4.62. The van der Waals surface area contributed by atoms with Crippen molar-refractivity contribution >= 4 is 11.0 Å². The molecule has 84 valence electrons. The zero-order chi connectivity index (χ0) is 10.9. The molecule has 0 aromatic heterocycles. The summed E-state index contributed by atoms with van der Waals surface area (Å²) in [6.45, 7) is -0.627. The van der Waals surface area contributed by atoms with Crippen LogP contribution in [0.1, 0.15) is 0 Å². The summed E-state index contributed by atoms with van der Waals surface area (Å²) in [4.78, 5) is 0. The van der Waals surface area contributed by atoms with Crippen molar-refractivity contribution in [3.05, 3.63) is 0 Å². The summed E-state index contributed by atoms with van der Waals surface area (Å²) in [7, 11) is -1.96. The molecule has 1 aliphatic heterocycles. The molecule has 0 spiro atoms. The first kappa shape index (κ1) is 12.0. The third-order valence-corrected chi connectivity index (χ3v) is 2.90. The number of nitrogens with two attached hydrogens (primary N) is 1. The van der Waals surface area contributed by atoms with Gasteiger partial charge in [-0.3, -0.25) is 0 Å². The maximum atomic E-state index is 10.8. The van der Waals surface area contributed by atoms with Gasteiger partial charge >= 0.3 is 0 Å². The molecular formula is C6H13NO6S. The minimum Gasteiger partial charge on any atom is -0.394 e. The van der Waals surface area contributed by atoms with Crippen molar-refractivity contribution in [2.75, 3.05) is 6.61 Å². The van der Waals surface area contributed by atoms with E-state index in [1.807, 2.05) is 0 Å². The highest BCUT2D eigenvalue weighted by molar-refractivity contribution is 7.83. The molecule has 0 amide bonds. The van der Waals surface area contributed by atoms with E-state index in [9.17, 15) is 14.4 Å². The Labute approximate surface area is 82.7 Å². The second-order valence-electron chi connectivity index (χ2n) is 3.03. The fourth-order valence-corrected chi connectivity index (χ4v) is 1.96. The van der Waals surface area contributed by atoms with Crippen molar-refractivity contribution in [2.45, 2.75) is 29.9 Å². The lowest BCUT2D eigenvalue weighted by molar-refractivity contribution is -0.0717. The summed E-state index contributed by atoms with van der Waals surface area (Å²) in [6.07, 6.45) is -5.35. The lowest BCUT2D eigenvalue weighted by atomic mass is 10.1. The molecule has 8 heteroatoms. The Kier molecular flexibility index (Phi) is 3.95. The van der Waals surface area contributed by atoms with Gasteiger partial charge in [-0.1, -0.05) is 0 Å². The number of ether oxygens (including phenoxy) is 1. The summed E-state index contributed by atoms with van der Waals surface area (Å²) >= 11 is 0. The van der Waals surface area contributed by atoms with E-state index >= 15 is 0 Å². The average molecular weight is 227 g/mol. The fourth-order valence-electron chi connectivity index (χ4n) is 1.29. The van der Waals surface area contributed by atoms with E-state index in [4.69, 9.17) is 20.1 Å². The highest BCUT2D eigenvalue weighted by Crippen LogP contribution is 2.24. The minimum atomic E-state index is -1.96. The Morgan fingerprint density at radius 1 is 1.43 bits per heavy atom. The van der Waals surface area contributed by atoms with E-state index in [2.05, 4.69) is 0 Å². The number of hydrogen-bond donors (Lipinski definition) is 5. The van der Waals surface area contributed by atoms with Gasteiger partial charge < -0.3 is 25.2 Å². The number of aliphatic hydroxyl groups is 4. The van der Waals surface area contributed by atoms with Crippen LogP contribution < -0.4 is 5.14 Å². The number of rotatable bonds is 3. The lowest BCUT2D eigenvalue weighted by Crippen LogP contribution is -2.40. The Bertz CT molecular complexity index is 226. The molecule has 0 radical (unpaired) electrons. The van der Waals surface area contributed by atoms with E-state index in [0.717, 1.165) is 0 Å². The van der Waals surface area contributed by atoms with Gasteiger partial charge in [-0.25, -0.2) is 9.35 Å². The van der Waals surface area contributed by atoms with Gasteiger partial charge in [0, 0.05) is 0 Å². The quantitative estimate of drug-likeness (QED) is 0.338. The molecule has 0 aromatic rings. The molecule has 0 aromatic carbocycles. The molecule has 0 bridgehead atoms. The van der Waals surface area contributed by atoms with Gasteiger partial charge in [-0.15, -0.1) is 0 Å². The molecule has 1 rings (SSSR count). The largest absolute Gasteiger partial charge is 0.394 e. The summed E-state index contributed by atoms with van der Waals surface area (Å²) in [5.41, 5.74) is -1.24. The molecule has 1 aliphatic rings. The Morgan fingerprint density at radius 2 is 2.00 bits per heavy atom. The van der Waals surface area contributed by atoms with Crippen LogP contribution in [0.25, 0.3) is 0 Å². The van der Waals surface area contributed by atoms with Crippen LogP contribution >= 0.6 is 0 Å². The van der Waals surface area contributed by atoms with Crippen molar-refractivity contribution in [1.82, 2.24) is 0 Å². The maximum absolute atomic E-state index is 10.8. The summed E-state index contributed by atoms with van der Waals surface area (Å²) < 4.78 is 15.7.